The maximum absolute atomic E-state index is 14.4. The summed E-state index contributed by atoms with van der Waals surface area (Å²) in [4.78, 5) is 19.7. The Morgan fingerprint density at radius 2 is 2.19 bits per heavy atom. The number of aromatic nitrogens is 3. The highest BCUT2D eigenvalue weighted by Gasteiger charge is 2.24. The van der Waals surface area contributed by atoms with E-state index >= 15 is 0 Å². The van der Waals surface area contributed by atoms with Gasteiger partial charge in [-0.15, -0.1) is 0 Å². The smallest absolute Gasteiger partial charge is 0.394 e. The second-order valence-electron chi connectivity index (χ2n) is 7.95. The van der Waals surface area contributed by atoms with Crippen LogP contribution >= 0.6 is 0 Å². The lowest BCUT2D eigenvalue weighted by Gasteiger charge is -2.33. The van der Waals surface area contributed by atoms with Crippen molar-refractivity contribution in [3.63, 3.8) is 0 Å². The van der Waals surface area contributed by atoms with E-state index in [-0.39, 0.29) is 11.6 Å². The van der Waals surface area contributed by atoms with Crippen molar-refractivity contribution in [1.29, 1.82) is 0 Å². The van der Waals surface area contributed by atoms with Crippen molar-refractivity contribution in [1.82, 2.24) is 20.1 Å². The number of ether oxygens (including phenoxy) is 1. The van der Waals surface area contributed by atoms with Gasteiger partial charge in [0.2, 0.25) is 0 Å². The number of carbonyl (C=O) groups is 1. The van der Waals surface area contributed by atoms with Crippen LogP contribution in [0.3, 0.4) is 0 Å². The Labute approximate surface area is 183 Å². The zero-order chi connectivity index (χ0) is 22.4. The quantitative estimate of drug-likeness (QED) is 0.506. The van der Waals surface area contributed by atoms with E-state index in [1.54, 1.807) is 25.4 Å². The van der Waals surface area contributed by atoms with E-state index in [2.05, 4.69) is 32.5 Å². The maximum Gasteiger partial charge on any atom is 0.394 e. The van der Waals surface area contributed by atoms with Gasteiger partial charge >= 0.3 is 6.08 Å². The molecule has 0 spiro atoms. The molecule has 4 aromatic rings. The topological polar surface area (TPSA) is 97.4 Å². The van der Waals surface area contributed by atoms with Gasteiger partial charge in [0.1, 0.15) is 11.0 Å². The molecule has 3 heterocycles. The molecule has 1 fully saturated rings. The Bertz CT molecular complexity index is 1330. The van der Waals surface area contributed by atoms with Gasteiger partial charge in [-0.1, -0.05) is 0 Å². The number of hydrogen-bond acceptors (Lipinski definition) is 7. The fourth-order valence-corrected chi connectivity index (χ4v) is 4.13. The average Bonchev–Trinajstić information content (AvgIpc) is 3.36. The van der Waals surface area contributed by atoms with Crippen molar-refractivity contribution >= 4 is 39.3 Å². The molecule has 1 saturated heterocycles. The summed E-state index contributed by atoms with van der Waals surface area (Å²) in [5, 5.41) is 10.9. The number of rotatable bonds is 4. The van der Waals surface area contributed by atoms with Crippen LogP contribution in [0, 0.1) is 5.82 Å². The number of carbonyl (C=O) groups excluding carboxylic acids is 1. The zero-order valence-corrected chi connectivity index (χ0v) is 18.0. The number of fused-ring (bicyclic) bond motifs is 2. The zero-order valence-electron chi connectivity index (χ0n) is 18.0. The molecule has 32 heavy (non-hydrogen) atoms. The minimum atomic E-state index is -0.505. The molecule has 1 unspecified atom stereocenters. The molecule has 1 aliphatic heterocycles. The lowest BCUT2D eigenvalue weighted by atomic mass is 10.1. The van der Waals surface area contributed by atoms with Gasteiger partial charge in [0.05, 0.1) is 18.4 Å². The highest BCUT2D eigenvalue weighted by atomic mass is 19.1. The Kier molecular flexibility index (Phi) is 4.93. The molecule has 1 atom stereocenters. The Morgan fingerprint density at radius 1 is 1.34 bits per heavy atom. The third-order valence-corrected chi connectivity index (χ3v) is 5.57. The van der Waals surface area contributed by atoms with E-state index < -0.39 is 11.7 Å². The van der Waals surface area contributed by atoms with Gasteiger partial charge in [0.15, 0.2) is 11.4 Å². The minimum absolute atomic E-state index is 0.0764. The van der Waals surface area contributed by atoms with Crippen molar-refractivity contribution in [2.75, 3.05) is 37.0 Å². The highest BCUT2D eigenvalue weighted by Crippen LogP contribution is 2.34. The Morgan fingerprint density at radius 3 is 2.97 bits per heavy atom. The lowest BCUT2D eigenvalue weighted by molar-refractivity contribution is 0.102. The van der Waals surface area contributed by atoms with Crippen LogP contribution in [-0.4, -0.2) is 53.5 Å². The van der Waals surface area contributed by atoms with Crippen molar-refractivity contribution in [2.45, 2.75) is 13.0 Å². The van der Waals surface area contributed by atoms with Crippen LogP contribution in [-0.2, 0) is 7.05 Å². The van der Waals surface area contributed by atoms with Gasteiger partial charge in [-0.05, 0) is 31.2 Å². The van der Waals surface area contributed by atoms with E-state index in [4.69, 9.17) is 9.15 Å². The number of methoxy groups -OCH3 is 1. The van der Waals surface area contributed by atoms with Crippen LogP contribution in [0.2, 0.25) is 0 Å². The predicted molar refractivity (Wildman–Crippen MR) is 119 cm³/mol. The van der Waals surface area contributed by atoms with Gasteiger partial charge in [-0.25, -0.2) is 4.39 Å². The highest BCUT2D eigenvalue weighted by molar-refractivity contribution is 6.13. The third-order valence-electron chi connectivity index (χ3n) is 5.57. The summed E-state index contributed by atoms with van der Waals surface area (Å²) >= 11 is 0. The number of hydrogen-bond donors (Lipinski definition) is 2. The van der Waals surface area contributed by atoms with E-state index in [0.29, 0.717) is 33.8 Å². The molecule has 10 heteroatoms. The fourth-order valence-electron chi connectivity index (χ4n) is 4.13. The van der Waals surface area contributed by atoms with E-state index in [1.165, 1.54) is 17.9 Å². The molecule has 0 aliphatic carbocycles. The molecule has 0 saturated carbocycles. The van der Waals surface area contributed by atoms with Crippen LogP contribution in [0.1, 0.15) is 17.3 Å². The summed E-state index contributed by atoms with van der Waals surface area (Å²) in [7, 11) is 3.18. The lowest BCUT2D eigenvalue weighted by Crippen LogP contribution is -2.49. The number of nitrogens with zero attached hydrogens (tertiary/aromatic N) is 4. The van der Waals surface area contributed by atoms with Gasteiger partial charge in [0, 0.05) is 50.0 Å². The van der Waals surface area contributed by atoms with Gasteiger partial charge in [0.25, 0.3) is 5.91 Å². The summed E-state index contributed by atoms with van der Waals surface area (Å²) in [5.74, 6) is -0.927. The largest absolute Gasteiger partial charge is 0.453 e. The minimum Gasteiger partial charge on any atom is -0.453 e. The number of oxazole rings is 1. The molecule has 1 amide bonds. The summed E-state index contributed by atoms with van der Waals surface area (Å²) in [6, 6.07) is 6.82. The SMILES string of the molecule is COc1nc2c(C(=O)Nc3cc(F)c4nn(C)cc4c3)ccc(N3CCNC(C)C3)c2o1. The molecule has 2 aromatic carbocycles. The number of nitrogens with one attached hydrogen (secondary N) is 2. The molecule has 0 radical (unpaired) electrons. The molecule has 9 nitrogen and oxygen atoms in total. The third kappa shape index (κ3) is 3.52. The summed E-state index contributed by atoms with van der Waals surface area (Å²) in [6.45, 7) is 4.56. The van der Waals surface area contributed by atoms with Crippen LogP contribution < -0.4 is 20.3 Å². The van der Waals surface area contributed by atoms with Crippen molar-refractivity contribution in [3.8, 4) is 6.08 Å². The Hall–Kier alpha value is -3.66. The number of benzene rings is 2. The molecule has 0 bridgehead atoms. The second-order valence-corrected chi connectivity index (χ2v) is 7.95. The van der Waals surface area contributed by atoms with E-state index in [1.807, 2.05) is 6.07 Å². The van der Waals surface area contributed by atoms with Gasteiger partial charge in [-0.2, -0.15) is 10.1 Å². The molecule has 2 N–H and O–H groups in total. The monoisotopic (exact) mass is 438 g/mol. The number of halogens is 1. The number of piperazine rings is 1. The molecular weight excluding hydrogens is 415 g/mol. The second kappa shape index (κ2) is 7.79. The number of anilines is 2. The molecular formula is C22H23FN6O3. The van der Waals surface area contributed by atoms with E-state index in [0.717, 1.165) is 25.3 Å². The van der Waals surface area contributed by atoms with E-state index in [9.17, 15) is 9.18 Å². The molecule has 5 rings (SSSR count). The van der Waals surface area contributed by atoms with Gasteiger partial charge < -0.3 is 24.7 Å². The predicted octanol–water partition coefficient (Wildman–Crippen LogP) is 2.91. The summed E-state index contributed by atoms with van der Waals surface area (Å²) in [6.07, 6.45) is 1.77. The van der Waals surface area contributed by atoms with Crippen LogP contribution in [0.25, 0.3) is 22.0 Å². The molecule has 2 aromatic heterocycles. The number of aryl methyl sites for hydroxylation is 1. The maximum atomic E-state index is 14.4. The average molecular weight is 438 g/mol. The molecule has 1 aliphatic rings. The molecule has 166 valence electrons. The first-order valence-corrected chi connectivity index (χ1v) is 10.3. The number of amides is 1. The fraction of sp³-hybridized carbons (Fsp3) is 0.318. The van der Waals surface area contributed by atoms with Crippen molar-refractivity contribution in [3.05, 3.63) is 41.8 Å². The summed E-state index contributed by atoms with van der Waals surface area (Å²) < 4.78 is 26.9. The van der Waals surface area contributed by atoms with Crippen LogP contribution in [0.5, 0.6) is 6.08 Å². The first-order chi connectivity index (χ1) is 15.4. The standard InChI is InChI=1S/C22H23FN6O3/c1-12-10-29(7-6-24-12)17-5-4-15(19-20(17)32-22(26-19)31-3)21(30)25-14-8-13-11-28(2)27-18(13)16(23)9-14/h4-5,8-9,11-12,24H,6-7,10H2,1-3H3,(H,25,30). The Balaban J connectivity index is 1.51. The van der Waals surface area contributed by atoms with Crippen LogP contribution in [0.4, 0.5) is 15.8 Å². The van der Waals surface area contributed by atoms with Crippen molar-refractivity contribution in [2.24, 2.45) is 7.05 Å². The first-order valence-electron chi connectivity index (χ1n) is 10.3. The first kappa shape index (κ1) is 20.3. The normalized spacial score (nSPS) is 16.6. The van der Waals surface area contributed by atoms with Crippen molar-refractivity contribution < 1.29 is 18.3 Å². The van der Waals surface area contributed by atoms with Gasteiger partial charge in [-0.3, -0.25) is 9.48 Å². The summed E-state index contributed by atoms with van der Waals surface area (Å²) in [5.41, 5.74) is 2.62. The van der Waals surface area contributed by atoms with Crippen LogP contribution in [0.15, 0.2) is 34.9 Å².